The molecule has 0 spiro atoms. The third-order valence-corrected chi connectivity index (χ3v) is 4.95. The number of hydrogen-bond acceptors (Lipinski definition) is 8. The fourth-order valence-corrected chi connectivity index (χ4v) is 3.35. The van der Waals surface area contributed by atoms with Gasteiger partial charge in [-0.25, -0.2) is 9.97 Å². The molecule has 170 valence electrons. The Morgan fingerprint density at radius 2 is 1.50 bits per heavy atom. The molecule has 0 bridgehead atoms. The van der Waals surface area contributed by atoms with Gasteiger partial charge in [-0.05, 0) is 35.0 Å². The van der Waals surface area contributed by atoms with Gasteiger partial charge in [0, 0.05) is 16.1 Å². The average molecular weight is 478 g/mol. The molecule has 0 fully saturated rings. The van der Waals surface area contributed by atoms with E-state index in [0.717, 1.165) is 11.7 Å². The van der Waals surface area contributed by atoms with E-state index in [2.05, 4.69) is 31.7 Å². The minimum absolute atomic E-state index is 0.234. The molecule has 0 saturated carbocycles. The third kappa shape index (κ3) is 4.84. The summed E-state index contributed by atoms with van der Waals surface area (Å²) in [4.78, 5) is 43.6. The lowest BCUT2D eigenvalue weighted by atomic mass is 10.0. The zero-order valence-electron chi connectivity index (χ0n) is 17.3. The molecule has 4 aromatic rings. The molecule has 11 nitrogen and oxygen atoms in total. The normalized spacial score (nSPS) is 10.4. The SMILES string of the molecule is O=C(NNc1ncnc(NNC(=O)c2cccc3ccccc23)c1[N+](=O)[O-])c1cccc(Cl)c1. The number of amides is 2. The van der Waals surface area contributed by atoms with E-state index in [9.17, 15) is 19.7 Å². The largest absolute Gasteiger partial charge is 0.356 e. The number of anilines is 2. The van der Waals surface area contributed by atoms with E-state index in [1.807, 2.05) is 18.2 Å². The molecule has 0 saturated heterocycles. The molecule has 2 amide bonds. The highest BCUT2D eigenvalue weighted by Crippen LogP contribution is 2.28. The van der Waals surface area contributed by atoms with Crippen LogP contribution >= 0.6 is 11.6 Å². The number of carbonyl (C=O) groups excluding carboxylic acids is 2. The number of nitrogens with one attached hydrogen (secondary N) is 4. The van der Waals surface area contributed by atoms with Crippen molar-refractivity contribution in [3.8, 4) is 0 Å². The predicted octanol–water partition coefficient (Wildman–Crippen LogP) is 3.71. The first kappa shape index (κ1) is 22.4. The van der Waals surface area contributed by atoms with Crippen LogP contribution in [-0.4, -0.2) is 26.7 Å². The zero-order valence-corrected chi connectivity index (χ0v) is 18.0. The van der Waals surface area contributed by atoms with Crippen molar-refractivity contribution in [2.75, 3.05) is 10.9 Å². The molecular weight excluding hydrogens is 462 g/mol. The number of nitrogens with zero attached hydrogens (tertiary/aromatic N) is 3. The zero-order chi connectivity index (χ0) is 24.1. The van der Waals surface area contributed by atoms with E-state index < -0.39 is 22.4 Å². The fourth-order valence-electron chi connectivity index (χ4n) is 3.16. The molecule has 0 aliphatic rings. The molecule has 1 aromatic heterocycles. The second-order valence-corrected chi connectivity index (χ2v) is 7.31. The van der Waals surface area contributed by atoms with Gasteiger partial charge in [0.25, 0.3) is 11.8 Å². The van der Waals surface area contributed by atoms with Gasteiger partial charge in [0.2, 0.25) is 11.6 Å². The topological polar surface area (TPSA) is 151 Å². The molecule has 3 aromatic carbocycles. The Morgan fingerprint density at radius 3 is 2.21 bits per heavy atom. The van der Waals surface area contributed by atoms with Gasteiger partial charge in [-0.15, -0.1) is 0 Å². The third-order valence-electron chi connectivity index (χ3n) is 4.71. The summed E-state index contributed by atoms with van der Waals surface area (Å²) in [7, 11) is 0. The number of rotatable bonds is 7. The van der Waals surface area contributed by atoms with Gasteiger partial charge in [-0.1, -0.05) is 54.1 Å². The van der Waals surface area contributed by atoms with Crippen LogP contribution in [0.1, 0.15) is 20.7 Å². The molecule has 12 heteroatoms. The lowest BCUT2D eigenvalue weighted by Gasteiger charge is -2.12. The summed E-state index contributed by atoms with van der Waals surface area (Å²) in [6.45, 7) is 0. The maximum absolute atomic E-state index is 12.7. The Labute approximate surface area is 197 Å². The van der Waals surface area contributed by atoms with Crippen LogP contribution in [-0.2, 0) is 0 Å². The molecule has 0 aliphatic carbocycles. The second kappa shape index (κ2) is 9.79. The average Bonchev–Trinajstić information content (AvgIpc) is 2.85. The predicted molar refractivity (Wildman–Crippen MR) is 126 cm³/mol. The van der Waals surface area contributed by atoms with Crippen LogP contribution in [0.2, 0.25) is 5.02 Å². The van der Waals surface area contributed by atoms with Crippen molar-refractivity contribution in [1.29, 1.82) is 0 Å². The van der Waals surface area contributed by atoms with Crippen molar-refractivity contribution >= 4 is 51.5 Å². The Kier molecular flexibility index (Phi) is 6.46. The minimum Gasteiger partial charge on any atom is -0.276 e. The number of aromatic nitrogens is 2. The van der Waals surface area contributed by atoms with Crippen molar-refractivity contribution in [3.63, 3.8) is 0 Å². The van der Waals surface area contributed by atoms with Gasteiger partial charge in [-0.2, -0.15) is 0 Å². The molecule has 0 radical (unpaired) electrons. The summed E-state index contributed by atoms with van der Waals surface area (Å²) >= 11 is 5.88. The molecular formula is C22H16ClN7O4. The van der Waals surface area contributed by atoms with Crippen LogP contribution in [0.5, 0.6) is 0 Å². The molecule has 0 unspecified atom stereocenters. The molecule has 34 heavy (non-hydrogen) atoms. The quantitative estimate of drug-likeness (QED) is 0.232. The van der Waals surface area contributed by atoms with Crippen molar-refractivity contribution < 1.29 is 14.5 Å². The van der Waals surface area contributed by atoms with Gasteiger partial charge in [-0.3, -0.25) is 41.4 Å². The highest BCUT2D eigenvalue weighted by molar-refractivity contribution is 6.31. The van der Waals surface area contributed by atoms with E-state index in [1.54, 1.807) is 36.4 Å². The van der Waals surface area contributed by atoms with Crippen LogP contribution in [0.25, 0.3) is 10.8 Å². The smallest absolute Gasteiger partial charge is 0.276 e. The Bertz CT molecular complexity index is 1410. The van der Waals surface area contributed by atoms with Crippen LogP contribution in [0, 0.1) is 10.1 Å². The first-order valence-electron chi connectivity index (χ1n) is 9.79. The second-order valence-electron chi connectivity index (χ2n) is 6.87. The van der Waals surface area contributed by atoms with Crippen LogP contribution in [0.3, 0.4) is 0 Å². The van der Waals surface area contributed by atoms with Crippen molar-refractivity contribution in [2.24, 2.45) is 0 Å². The molecule has 4 rings (SSSR count). The summed E-state index contributed by atoms with van der Waals surface area (Å²) in [5, 5.41) is 13.6. The van der Waals surface area contributed by atoms with Gasteiger partial charge in [0.1, 0.15) is 6.33 Å². The van der Waals surface area contributed by atoms with Gasteiger partial charge < -0.3 is 0 Å². The van der Waals surface area contributed by atoms with Crippen molar-refractivity contribution in [1.82, 2.24) is 20.8 Å². The molecule has 0 atom stereocenters. The highest BCUT2D eigenvalue weighted by Gasteiger charge is 2.24. The Morgan fingerprint density at radius 1 is 0.853 bits per heavy atom. The van der Waals surface area contributed by atoms with E-state index in [-0.39, 0.29) is 17.2 Å². The van der Waals surface area contributed by atoms with Gasteiger partial charge in [0.15, 0.2) is 0 Å². The number of halogens is 1. The van der Waals surface area contributed by atoms with Gasteiger partial charge >= 0.3 is 5.69 Å². The first-order chi connectivity index (χ1) is 16.4. The molecule has 4 N–H and O–H groups in total. The number of fused-ring (bicyclic) bond motifs is 1. The maximum Gasteiger partial charge on any atom is 0.356 e. The molecule has 0 aliphatic heterocycles. The van der Waals surface area contributed by atoms with E-state index >= 15 is 0 Å². The number of hydrogen-bond donors (Lipinski definition) is 4. The number of nitro groups is 1. The lowest BCUT2D eigenvalue weighted by molar-refractivity contribution is -0.383. The van der Waals surface area contributed by atoms with E-state index in [0.29, 0.717) is 16.0 Å². The van der Waals surface area contributed by atoms with Crippen LogP contribution < -0.4 is 21.7 Å². The Balaban J connectivity index is 1.51. The summed E-state index contributed by atoms with van der Waals surface area (Å²) in [6, 6.07) is 18.7. The summed E-state index contributed by atoms with van der Waals surface area (Å²) in [5.41, 5.74) is 9.62. The van der Waals surface area contributed by atoms with E-state index in [4.69, 9.17) is 11.6 Å². The molecule has 1 heterocycles. The summed E-state index contributed by atoms with van der Waals surface area (Å²) in [6.07, 6.45) is 1.03. The Hall–Kier alpha value is -4.77. The maximum atomic E-state index is 12.7. The number of hydrazine groups is 2. The van der Waals surface area contributed by atoms with Crippen LogP contribution in [0.4, 0.5) is 17.3 Å². The van der Waals surface area contributed by atoms with Gasteiger partial charge in [0.05, 0.1) is 4.92 Å². The van der Waals surface area contributed by atoms with Crippen molar-refractivity contribution in [3.05, 3.63) is 99.3 Å². The minimum atomic E-state index is -0.750. The van der Waals surface area contributed by atoms with Crippen LogP contribution in [0.15, 0.2) is 73.1 Å². The summed E-state index contributed by atoms with van der Waals surface area (Å²) < 4.78 is 0. The summed E-state index contributed by atoms with van der Waals surface area (Å²) in [5.74, 6) is -1.69. The highest BCUT2D eigenvalue weighted by atomic mass is 35.5. The first-order valence-corrected chi connectivity index (χ1v) is 10.2. The monoisotopic (exact) mass is 477 g/mol. The fraction of sp³-hybridized carbons (Fsp3) is 0. The number of benzene rings is 3. The van der Waals surface area contributed by atoms with E-state index in [1.165, 1.54) is 12.1 Å². The lowest BCUT2D eigenvalue weighted by Crippen LogP contribution is -2.32. The van der Waals surface area contributed by atoms with Crippen molar-refractivity contribution in [2.45, 2.75) is 0 Å². The number of carbonyl (C=O) groups is 2. The standard InChI is InChI=1S/C22H16ClN7O4/c23-15-8-3-7-14(11-15)21(31)28-26-19-18(30(33)34)20(25-12-24-19)27-29-22(32)17-10-4-6-13-5-1-2-9-16(13)17/h1-12H,(H,28,31)(H,29,32)(H2,24,25,26,27).